The molecule has 1 aromatic heterocycles. The molecule has 10 heteroatoms. The minimum atomic E-state index is 0.287. The van der Waals surface area contributed by atoms with E-state index in [-0.39, 0.29) is 6.61 Å². The monoisotopic (exact) mass is 516 g/mol. The third-order valence-electron chi connectivity index (χ3n) is 4.04. The van der Waals surface area contributed by atoms with Crippen LogP contribution >= 0.6 is 51.3 Å². The van der Waals surface area contributed by atoms with Crippen LogP contribution < -0.4 is 14.9 Å². The smallest absolute Gasteiger partial charge is 0.214 e. The van der Waals surface area contributed by atoms with E-state index in [1.165, 1.54) is 0 Å². The predicted octanol–water partition coefficient (Wildman–Crippen LogP) is 6.04. The Morgan fingerprint density at radius 3 is 2.69 bits per heavy atom. The molecule has 0 bridgehead atoms. The molecule has 2 aromatic carbocycles. The Bertz CT molecular complexity index is 1070. The van der Waals surface area contributed by atoms with E-state index < -0.39 is 0 Å². The van der Waals surface area contributed by atoms with Crippen molar-refractivity contribution in [3.8, 4) is 11.5 Å². The van der Waals surface area contributed by atoms with Crippen LogP contribution in [0.1, 0.15) is 23.9 Å². The number of hydrogen-bond acceptors (Lipinski definition) is 5. The van der Waals surface area contributed by atoms with Crippen molar-refractivity contribution < 1.29 is 9.47 Å². The van der Waals surface area contributed by atoms with Gasteiger partial charge in [-0.25, -0.2) is 4.68 Å². The molecule has 0 aliphatic rings. The number of H-pyrrole nitrogens is 1. The molecule has 0 aliphatic carbocycles. The van der Waals surface area contributed by atoms with E-state index in [4.69, 9.17) is 44.9 Å². The molecule has 0 unspecified atom stereocenters. The van der Waals surface area contributed by atoms with Gasteiger partial charge >= 0.3 is 0 Å². The minimum Gasteiger partial charge on any atom is -0.490 e. The van der Waals surface area contributed by atoms with Crippen LogP contribution in [0.2, 0.25) is 10.0 Å². The summed E-state index contributed by atoms with van der Waals surface area (Å²) in [5.41, 5.74) is 5.06. The van der Waals surface area contributed by atoms with Crippen molar-refractivity contribution in [3.05, 3.63) is 66.6 Å². The maximum atomic E-state index is 6.24. The van der Waals surface area contributed by atoms with Gasteiger partial charge in [0.1, 0.15) is 12.4 Å². The fourth-order valence-corrected chi connectivity index (χ4v) is 3.96. The van der Waals surface area contributed by atoms with Gasteiger partial charge in [-0.2, -0.15) is 5.10 Å². The zero-order valence-corrected chi connectivity index (χ0v) is 19.7. The molecule has 0 atom stereocenters. The molecule has 154 valence electrons. The normalized spacial score (nSPS) is 10.8. The zero-order chi connectivity index (χ0) is 21.0. The van der Waals surface area contributed by atoms with Gasteiger partial charge in [0.25, 0.3) is 0 Å². The summed E-state index contributed by atoms with van der Waals surface area (Å²) in [4.78, 5) is 0. The van der Waals surface area contributed by atoms with Crippen LogP contribution in [0.5, 0.6) is 11.5 Å². The second-order valence-corrected chi connectivity index (χ2v) is 8.19. The Hall–Kier alpha value is -1.74. The number of halogens is 3. The van der Waals surface area contributed by atoms with E-state index in [1.807, 2.05) is 32.0 Å². The third-order valence-corrected chi connectivity index (χ3v) is 5.49. The molecular formula is C19H19BrCl2N4O2S. The lowest BCUT2D eigenvalue weighted by molar-refractivity contribution is 0.267. The Kier molecular flexibility index (Phi) is 7.45. The van der Waals surface area contributed by atoms with Gasteiger partial charge in [0, 0.05) is 15.6 Å². The summed E-state index contributed by atoms with van der Waals surface area (Å²) >= 11 is 21.0. The van der Waals surface area contributed by atoms with E-state index >= 15 is 0 Å². The van der Waals surface area contributed by atoms with Crippen molar-refractivity contribution in [2.24, 2.45) is 0 Å². The summed E-state index contributed by atoms with van der Waals surface area (Å²) in [6, 6.07) is 9.21. The summed E-state index contributed by atoms with van der Waals surface area (Å²) < 4.78 is 14.8. The number of aromatic nitrogens is 3. The second-order valence-electron chi connectivity index (χ2n) is 6.11. The lowest BCUT2D eigenvalue weighted by Gasteiger charge is -2.17. The van der Waals surface area contributed by atoms with Crippen LogP contribution in [0.3, 0.4) is 0 Å². The first-order chi connectivity index (χ1) is 13.9. The Morgan fingerprint density at radius 1 is 1.24 bits per heavy atom. The first kappa shape index (κ1) is 22.0. The van der Waals surface area contributed by atoms with Gasteiger partial charge in [-0.1, -0.05) is 29.3 Å². The van der Waals surface area contributed by atoms with Gasteiger partial charge in [-0.05, 0) is 71.8 Å². The Morgan fingerprint density at radius 2 is 2.03 bits per heavy atom. The maximum absolute atomic E-state index is 6.24. The number of hydrogen-bond donors (Lipinski definition) is 2. The molecule has 29 heavy (non-hydrogen) atoms. The number of nitrogens with one attached hydrogen (secondary N) is 2. The number of aryl methyl sites for hydroxylation is 1. The predicted molar refractivity (Wildman–Crippen MR) is 121 cm³/mol. The highest BCUT2D eigenvalue weighted by atomic mass is 79.9. The largest absolute Gasteiger partial charge is 0.490 e. The van der Waals surface area contributed by atoms with Crippen LogP contribution in [-0.2, 0) is 13.2 Å². The fraction of sp³-hybridized carbons (Fsp3) is 0.263. The van der Waals surface area contributed by atoms with Crippen LogP contribution in [0.4, 0.5) is 0 Å². The topological polar surface area (TPSA) is 64.1 Å². The summed E-state index contributed by atoms with van der Waals surface area (Å²) in [6.45, 7) is 5.10. The number of rotatable bonds is 8. The summed E-state index contributed by atoms with van der Waals surface area (Å²) in [6.07, 6.45) is 0. The van der Waals surface area contributed by atoms with Crippen molar-refractivity contribution in [2.45, 2.75) is 27.0 Å². The lowest BCUT2D eigenvalue weighted by atomic mass is 10.2. The van der Waals surface area contributed by atoms with E-state index in [0.29, 0.717) is 39.5 Å². The number of benzene rings is 2. The fourth-order valence-electron chi connectivity index (χ4n) is 2.65. The highest BCUT2D eigenvalue weighted by molar-refractivity contribution is 9.10. The highest BCUT2D eigenvalue weighted by Gasteiger charge is 2.14. The molecule has 1 heterocycles. The first-order valence-electron chi connectivity index (χ1n) is 8.79. The van der Waals surface area contributed by atoms with Crippen LogP contribution in [0.25, 0.3) is 0 Å². The molecule has 3 rings (SSSR count). The van der Waals surface area contributed by atoms with Crippen LogP contribution in [0.15, 0.2) is 34.8 Å². The summed E-state index contributed by atoms with van der Waals surface area (Å²) in [5, 5.41) is 7.97. The second kappa shape index (κ2) is 9.84. The number of ether oxygens (including phenoxy) is 2. The first-order valence-corrected chi connectivity index (χ1v) is 10.7. The van der Waals surface area contributed by atoms with Crippen LogP contribution in [0, 0.1) is 11.7 Å². The summed E-state index contributed by atoms with van der Waals surface area (Å²) in [5.74, 6) is 1.99. The van der Waals surface area contributed by atoms with E-state index in [0.717, 1.165) is 21.4 Å². The van der Waals surface area contributed by atoms with Gasteiger partial charge in [0.15, 0.2) is 11.5 Å². The maximum Gasteiger partial charge on any atom is 0.214 e. The van der Waals surface area contributed by atoms with Crippen molar-refractivity contribution in [1.29, 1.82) is 0 Å². The molecule has 6 nitrogen and oxygen atoms in total. The summed E-state index contributed by atoms with van der Waals surface area (Å²) in [7, 11) is 0. The molecule has 2 N–H and O–H groups in total. The minimum absolute atomic E-state index is 0.287. The molecule has 0 spiro atoms. The molecule has 0 radical (unpaired) electrons. The quantitative estimate of drug-likeness (QED) is 0.356. The van der Waals surface area contributed by atoms with Crippen molar-refractivity contribution in [1.82, 2.24) is 14.9 Å². The van der Waals surface area contributed by atoms with Gasteiger partial charge in [0.05, 0.1) is 17.6 Å². The molecule has 0 aliphatic heterocycles. The standard InChI is InChI=1S/C19H19BrCl2N4O2S/c1-3-27-17-7-12(9-23-26-11(2)24-25-19(26)29)6-15(20)18(17)28-10-13-4-5-14(21)8-16(13)22/h4-8,23H,3,9-10H2,1-2H3,(H,25,29). The van der Waals surface area contributed by atoms with Gasteiger partial charge in [-0.3, -0.25) is 5.10 Å². The molecule has 0 saturated carbocycles. The number of aromatic amines is 1. The lowest BCUT2D eigenvalue weighted by Crippen LogP contribution is -2.16. The van der Waals surface area contributed by atoms with Crippen molar-refractivity contribution in [3.63, 3.8) is 0 Å². The van der Waals surface area contributed by atoms with E-state index in [1.54, 1.807) is 16.8 Å². The molecule has 0 amide bonds. The van der Waals surface area contributed by atoms with E-state index in [9.17, 15) is 0 Å². The highest BCUT2D eigenvalue weighted by Crippen LogP contribution is 2.38. The SMILES string of the molecule is CCOc1cc(CNn2c(C)n[nH]c2=S)cc(Br)c1OCc1ccc(Cl)cc1Cl. The van der Waals surface area contributed by atoms with Crippen molar-refractivity contribution in [2.75, 3.05) is 12.0 Å². The molecule has 0 fully saturated rings. The Labute approximate surface area is 192 Å². The molecule has 0 saturated heterocycles. The van der Waals surface area contributed by atoms with Gasteiger partial charge in [0.2, 0.25) is 4.77 Å². The zero-order valence-electron chi connectivity index (χ0n) is 15.8. The van der Waals surface area contributed by atoms with E-state index in [2.05, 4.69) is 31.6 Å². The molecular weight excluding hydrogens is 499 g/mol. The molecule has 3 aromatic rings. The average molecular weight is 518 g/mol. The van der Waals surface area contributed by atoms with Gasteiger partial charge in [-0.15, -0.1) is 0 Å². The Balaban J connectivity index is 1.79. The number of nitrogens with zero attached hydrogens (tertiary/aromatic N) is 2. The van der Waals surface area contributed by atoms with Crippen LogP contribution in [-0.4, -0.2) is 21.5 Å². The van der Waals surface area contributed by atoms with Crippen molar-refractivity contribution >= 4 is 51.3 Å². The average Bonchev–Trinajstić information content (AvgIpc) is 2.99. The van der Waals surface area contributed by atoms with Gasteiger partial charge < -0.3 is 14.9 Å². The third kappa shape index (κ3) is 5.45.